The minimum atomic E-state index is -0.132. The normalized spacial score (nSPS) is 17.8. The molecule has 3 nitrogen and oxygen atoms in total. The number of allylic oxidation sites excluding steroid dienone is 13. The number of anilines is 1. The quantitative estimate of drug-likeness (QED) is 0.0934. The molecule has 3 aliphatic rings. The largest absolute Gasteiger partial charge is 0.362 e. The van der Waals surface area contributed by atoms with Crippen molar-refractivity contribution in [1.29, 1.82) is 0 Å². The Morgan fingerprint density at radius 1 is 0.750 bits per heavy atom. The highest BCUT2D eigenvalue weighted by Gasteiger charge is 2.24. The van der Waals surface area contributed by atoms with Gasteiger partial charge in [-0.1, -0.05) is 188 Å². The standard InChI is InChI=1S/C57H57N3/c1-42(44-20-9-3-10-21-44)38-51(45-30-32-48(33-31-45)57(58)55(47-24-13-5-14-25-47)39-43-18-7-2-8-19-43)36-37-59-53-29-17-26-49(40-53)50-34-35-56(60-52-27-15-6-16-28-52)54(41-50)46-22-11-4-12-23-46/h3-7,9-15,17-27,29-33,35-37,40-41,50-51,55,57,59-60H,1-2,8,16,28,34,38-39,58H2/b37-36-/t50?,51?,55?,57-/m0/s1. The molecular weight excluding hydrogens is 727 g/mol. The number of rotatable bonds is 16. The van der Waals surface area contributed by atoms with Crippen molar-refractivity contribution in [3.8, 4) is 0 Å². The summed E-state index contributed by atoms with van der Waals surface area (Å²) in [4.78, 5) is 0. The van der Waals surface area contributed by atoms with Gasteiger partial charge in [-0.2, -0.15) is 0 Å². The topological polar surface area (TPSA) is 50.1 Å². The lowest BCUT2D eigenvalue weighted by Gasteiger charge is -2.26. The Labute approximate surface area is 357 Å². The second-order valence-electron chi connectivity index (χ2n) is 16.3. The van der Waals surface area contributed by atoms with E-state index >= 15 is 0 Å². The number of nitrogens with two attached hydrogens (primary N) is 1. The van der Waals surface area contributed by atoms with E-state index < -0.39 is 0 Å². The summed E-state index contributed by atoms with van der Waals surface area (Å²) in [5.74, 6) is 0.558. The van der Waals surface area contributed by atoms with Crippen LogP contribution in [0.4, 0.5) is 5.69 Å². The average molecular weight is 784 g/mol. The summed E-state index contributed by atoms with van der Waals surface area (Å²) in [5.41, 5.74) is 21.8. The Kier molecular flexibility index (Phi) is 13.5. The maximum absolute atomic E-state index is 7.16. The van der Waals surface area contributed by atoms with E-state index in [4.69, 9.17) is 5.73 Å². The molecule has 0 fully saturated rings. The molecule has 0 radical (unpaired) electrons. The van der Waals surface area contributed by atoms with Crippen LogP contribution in [0.3, 0.4) is 0 Å². The molecule has 5 aromatic rings. The summed E-state index contributed by atoms with van der Waals surface area (Å²) in [5, 5.41) is 7.41. The summed E-state index contributed by atoms with van der Waals surface area (Å²) >= 11 is 0. The van der Waals surface area contributed by atoms with Crippen LogP contribution < -0.4 is 16.4 Å². The van der Waals surface area contributed by atoms with Gasteiger partial charge in [0.2, 0.25) is 0 Å². The monoisotopic (exact) mass is 783 g/mol. The van der Waals surface area contributed by atoms with Crippen LogP contribution in [0.2, 0.25) is 0 Å². The SMILES string of the molecule is C=C(CC(/C=C\Nc1cccc(C2C=C(c3ccccc3)C(NC3=CC=CCC3)=CC2)c1)c1ccc([C@H](N)C(CC2=CCCC=C2)c2ccccc2)cc1)c1ccccc1. The molecule has 3 aliphatic carbocycles. The molecule has 300 valence electrons. The number of benzene rings is 5. The summed E-state index contributed by atoms with van der Waals surface area (Å²) < 4.78 is 0. The fourth-order valence-electron chi connectivity index (χ4n) is 8.71. The average Bonchev–Trinajstić information content (AvgIpc) is 3.32. The number of hydrogen-bond donors (Lipinski definition) is 3. The van der Waals surface area contributed by atoms with Crippen molar-refractivity contribution in [2.24, 2.45) is 5.73 Å². The molecule has 8 rings (SSSR count). The predicted octanol–water partition coefficient (Wildman–Crippen LogP) is 14.2. The van der Waals surface area contributed by atoms with Gasteiger partial charge in [0.05, 0.1) is 0 Å². The molecule has 0 aliphatic heterocycles. The van der Waals surface area contributed by atoms with Crippen LogP contribution >= 0.6 is 0 Å². The third kappa shape index (κ3) is 10.4. The smallest absolute Gasteiger partial charge is 0.0418 e. The van der Waals surface area contributed by atoms with Gasteiger partial charge in [-0.15, -0.1) is 0 Å². The molecule has 0 saturated carbocycles. The third-order valence-electron chi connectivity index (χ3n) is 12.1. The minimum Gasteiger partial charge on any atom is -0.362 e. The highest BCUT2D eigenvalue weighted by molar-refractivity contribution is 5.81. The molecule has 60 heavy (non-hydrogen) atoms. The minimum absolute atomic E-state index is 0.113. The number of nitrogens with one attached hydrogen (secondary N) is 2. The highest BCUT2D eigenvalue weighted by atomic mass is 14.9. The first-order chi connectivity index (χ1) is 29.6. The maximum atomic E-state index is 7.16. The molecule has 0 saturated heterocycles. The Morgan fingerprint density at radius 2 is 1.50 bits per heavy atom. The van der Waals surface area contributed by atoms with Crippen molar-refractivity contribution in [3.63, 3.8) is 0 Å². The zero-order valence-electron chi connectivity index (χ0n) is 34.6. The molecular formula is C57H57N3. The molecule has 5 aromatic carbocycles. The fraction of sp³-hybridized carbons (Fsp3) is 0.193. The zero-order valence-corrected chi connectivity index (χ0v) is 34.6. The second kappa shape index (κ2) is 20.0. The van der Waals surface area contributed by atoms with Gasteiger partial charge in [0, 0.05) is 46.5 Å². The molecule has 0 spiro atoms. The summed E-state index contributed by atoms with van der Waals surface area (Å²) in [6.45, 7) is 4.54. The summed E-state index contributed by atoms with van der Waals surface area (Å²) in [6, 6.07) is 49.8. The first-order valence-electron chi connectivity index (χ1n) is 21.7. The molecule has 3 unspecified atom stereocenters. The van der Waals surface area contributed by atoms with E-state index in [0.29, 0.717) is 0 Å². The lowest BCUT2D eigenvalue weighted by Crippen LogP contribution is -2.20. The third-order valence-corrected chi connectivity index (χ3v) is 12.1. The highest BCUT2D eigenvalue weighted by Crippen LogP contribution is 2.38. The summed E-state index contributed by atoms with van der Waals surface area (Å²) in [7, 11) is 0. The van der Waals surface area contributed by atoms with Crippen LogP contribution in [0.25, 0.3) is 11.1 Å². The Bertz CT molecular complexity index is 2430. The van der Waals surface area contributed by atoms with Gasteiger partial charge >= 0.3 is 0 Å². The first-order valence-corrected chi connectivity index (χ1v) is 21.7. The Morgan fingerprint density at radius 3 is 2.23 bits per heavy atom. The van der Waals surface area contributed by atoms with Crippen LogP contribution in [-0.2, 0) is 0 Å². The van der Waals surface area contributed by atoms with Crippen LogP contribution in [0.15, 0.2) is 224 Å². The van der Waals surface area contributed by atoms with E-state index in [1.54, 1.807) is 0 Å². The molecule has 4 N–H and O–H groups in total. The predicted molar refractivity (Wildman–Crippen MR) is 255 cm³/mol. The lowest BCUT2D eigenvalue weighted by atomic mass is 9.81. The van der Waals surface area contributed by atoms with E-state index in [2.05, 4.69) is 218 Å². The molecule has 4 atom stereocenters. The molecule has 3 heteroatoms. The molecule has 0 amide bonds. The van der Waals surface area contributed by atoms with Gasteiger partial charge in [0.15, 0.2) is 0 Å². The van der Waals surface area contributed by atoms with Crippen LogP contribution in [0, 0.1) is 0 Å². The van der Waals surface area contributed by atoms with Gasteiger partial charge in [-0.25, -0.2) is 0 Å². The Hall–Kier alpha value is -6.42. The van der Waals surface area contributed by atoms with Crippen LogP contribution in [0.1, 0.15) is 102 Å². The van der Waals surface area contributed by atoms with Crippen LogP contribution in [0.5, 0.6) is 0 Å². The van der Waals surface area contributed by atoms with E-state index in [0.717, 1.165) is 61.8 Å². The molecule has 0 bridgehead atoms. The van der Waals surface area contributed by atoms with E-state index in [-0.39, 0.29) is 23.8 Å². The van der Waals surface area contributed by atoms with Gasteiger partial charge in [0.1, 0.15) is 0 Å². The fourth-order valence-corrected chi connectivity index (χ4v) is 8.71. The van der Waals surface area contributed by atoms with Crippen molar-refractivity contribution in [3.05, 3.63) is 257 Å². The van der Waals surface area contributed by atoms with Crippen molar-refractivity contribution in [2.75, 3.05) is 5.32 Å². The Balaban J connectivity index is 1.01. The van der Waals surface area contributed by atoms with Crippen molar-refractivity contribution >= 4 is 16.8 Å². The molecule has 0 aromatic heterocycles. The van der Waals surface area contributed by atoms with Crippen molar-refractivity contribution in [2.45, 2.75) is 68.7 Å². The lowest BCUT2D eigenvalue weighted by molar-refractivity contribution is 0.551. The van der Waals surface area contributed by atoms with Crippen molar-refractivity contribution < 1.29 is 0 Å². The maximum Gasteiger partial charge on any atom is 0.0418 e. The summed E-state index contributed by atoms with van der Waals surface area (Å²) in [6.07, 6.45) is 29.7. The van der Waals surface area contributed by atoms with Gasteiger partial charge in [0.25, 0.3) is 0 Å². The van der Waals surface area contributed by atoms with E-state index in [1.165, 1.54) is 50.4 Å². The van der Waals surface area contributed by atoms with Gasteiger partial charge in [-0.05, 0) is 108 Å². The van der Waals surface area contributed by atoms with E-state index in [1.807, 2.05) is 0 Å². The van der Waals surface area contributed by atoms with Gasteiger partial charge < -0.3 is 16.4 Å². The first kappa shape index (κ1) is 40.4. The van der Waals surface area contributed by atoms with Crippen LogP contribution in [-0.4, -0.2) is 0 Å². The van der Waals surface area contributed by atoms with Crippen molar-refractivity contribution in [1.82, 2.24) is 5.32 Å². The number of hydrogen-bond acceptors (Lipinski definition) is 3. The van der Waals surface area contributed by atoms with E-state index in [9.17, 15) is 0 Å². The molecule has 0 heterocycles. The van der Waals surface area contributed by atoms with Gasteiger partial charge in [-0.3, -0.25) is 0 Å². The zero-order chi connectivity index (χ0) is 40.9. The second-order valence-corrected chi connectivity index (χ2v) is 16.3.